The molecule has 0 radical (unpaired) electrons. The van der Waals surface area contributed by atoms with Crippen molar-refractivity contribution in [3.63, 3.8) is 0 Å². The number of methoxy groups -OCH3 is 1. The van der Waals surface area contributed by atoms with Gasteiger partial charge in [-0.3, -0.25) is 0 Å². The summed E-state index contributed by atoms with van der Waals surface area (Å²) in [6.07, 6.45) is 4.42. The molecule has 18 heavy (non-hydrogen) atoms. The SMILES string of the molecule is COc1ccccc1CC(CO)CCCC(C)C. The molecule has 1 aromatic rings. The number of aliphatic hydroxyl groups is 1. The molecule has 0 fully saturated rings. The highest BCUT2D eigenvalue weighted by Crippen LogP contribution is 2.23. The third-order valence-corrected chi connectivity index (χ3v) is 3.35. The molecule has 0 aliphatic carbocycles. The molecule has 0 aliphatic heterocycles. The minimum absolute atomic E-state index is 0.260. The first kappa shape index (κ1) is 15.0. The summed E-state index contributed by atoms with van der Waals surface area (Å²) in [7, 11) is 1.70. The molecular formula is C16H26O2. The van der Waals surface area contributed by atoms with Crippen molar-refractivity contribution in [3.05, 3.63) is 29.8 Å². The third-order valence-electron chi connectivity index (χ3n) is 3.35. The molecule has 102 valence electrons. The van der Waals surface area contributed by atoms with E-state index in [1.807, 2.05) is 18.2 Å². The van der Waals surface area contributed by atoms with Crippen molar-refractivity contribution < 1.29 is 9.84 Å². The van der Waals surface area contributed by atoms with Gasteiger partial charge in [-0.05, 0) is 36.3 Å². The highest BCUT2D eigenvalue weighted by molar-refractivity contribution is 5.33. The zero-order valence-corrected chi connectivity index (χ0v) is 11.9. The highest BCUT2D eigenvalue weighted by Gasteiger charge is 2.11. The molecule has 1 atom stereocenters. The Morgan fingerprint density at radius 1 is 1.17 bits per heavy atom. The van der Waals surface area contributed by atoms with Gasteiger partial charge >= 0.3 is 0 Å². The summed E-state index contributed by atoms with van der Waals surface area (Å²) in [4.78, 5) is 0. The van der Waals surface area contributed by atoms with E-state index in [1.54, 1.807) is 7.11 Å². The smallest absolute Gasteiger partial charge is 0.122 e. The summed E-state index contributed by atoms with van der Waals surface area (Å²) in [5.74, 6) is 2.02. The molecule has 1 aromatic carbocycles. The zero-order chi connectivity index (χ0) is 13.4. The molecule has 0 aliphatic rings. The van der Waals surface area contributed by atoms with Crippen LogP contribution in [0.1, 0.15) is 38.7 Å². The van der Waals surface area contributed by atoms with Gasteiger partial charge in [-0.2, -0.15) is 0 Å². The second kappa shape index (κ2) is 8.15. The quantitative estimate of drug-likeness (QED) is 0.762. The summed E-state index contributed by atoms with van der Waals surface area (Å²) in [6, 6.07) is 8.08. The Bertz CT molecular complexity index is 334. The average molecular weight is 250 g/mol. The fourth-order valence-electron chi connectivity index (χ4n) is 2.26. The number of para-hydroxylation sites is 1. The number of ether oxygens (including phenoxy) is 1. The van der Waals surface area contributed by atoms with Gasteiger partial charge in [0.2, 0.25) is 0 Å². The van der Waals surface area contributed by atoms with Crippen LogP contribution in [0.4, 0.5) is 0 Å². The van der Waals surface area contributed by atoms with Crippen molar-refractivity contribution in [1.29, 1.82) is 0 Å². The third kappa shape index (κ3) is 5.09. The van der Waals surface area contributed by atoms with Crippen LogP contribution in [-0.2, 0) is 6.42 Å². The van der Waals surface area contributed by atoms with Crippen LogP contribution in [0.5, 0.6) is 5.75 Å². The maximum Gasteiger partial charge on any atom is 0.122 e. The van der Waals surface area contributed by atoms with Gasteiger partial charge in [-0.1, -0.05) is 44.9 Å². The lowest BCUT2D eigenvalue weighted by atomic mass is 9.93. The summed E-state index contributed by atoms with van der Waals surface area (Å²) in [5, 5.41) is 9.48. The predicted octanol–water partition coefficient (Wildman–Crippen LogP) is 3.67. The van der Waals surface area contributed by atoms with Crippen molar-refractivity contribution in [2.45, 2.75) is 39.5 Å². The fraction of sp³-hybridized carbons (Fsp3) is 0.625. The van der Waals surface area contributed by atoms with Crippen molar-refractivity contribution in [3.8, 4) is 5.75 Å². The second-order valence-electron chi connectivity index (χ2n) is 5.39. The maximum atomic E-state index is 9.48. The maximum absolute atomic E-state index is 9.48. The van der Waals surface area contributed by atoms with Gasteiger partial charge in [0.25, 0.3) is 0 Å². The van der Waals surface area contributed by atoms with E-state index >= 15 is 0 Å². The Morgan fingerprint density at radius 2 is 1.89 bits per heavy atom. The number of hydrogen-bond donors (Lipinski definition) is 1. The Hall–Kier alpha value is -1.02. The molecule has 0 aromatic heterocycles. The van der Waals surface area contributed by atoms with Gasteiger partial charge in [-0.25, -0.2) is 0 Å². The molecule has 0 spiro atoms. The molecule has 0 amide bonds. The minimum Gasteiger partial charge on any atom is -0.496 e. The van der Waals surface area contributed by atoms with Crippen LogP contribution in [0.15, 0.2) is 24.3 Å². The molecule has 2 nitrogen and oxygen atoms in total. The van der Waals surface area contributed by atoms with Crippen LogP contribution >= 0.6 is 0 Å². The molecule has 1 unspecified atom stereocenters. The molecule has 1 rings (SSSR count). The number of aliphatic hydroxyl groups excluding tert-OH is 1. The number of benzene rings is 1. The summed E-state index contributed by atoms with van der Waals surface area (Å²) in [6.45, 7) is 4.75. The van der Waals surface area contributed by atoms with E-state index < -0.39 is 0 Å². The van der Waals surface area contributed by atoms with Gasteiger partial charge in [0.1, 0.15) is 5.75 Å². The van der Waals surface area contributed by atoms with Crippen LogP contribution in [-0.4, -0.2) is 18.8 Å². The lowest BCUT2D eigenvalue weighted by molar-refractivity contribution is 0.212. The molecular weight excluding hydrogens is 224 g/mol. The molecule has 2 heteroatoms. The minimum atomic E-state index is 0.260. The first-order valence-electron chi connectivity index (χ1n) is 6.90. The van der Waals surface area contributed by atoms with E-state index in [1.165, 1.54) is 18.4 Å². The van der Waals surface area contributed by atoms with Crippen LogP contribution in [0.25, 0.3) is 0 Å². The number of hydrogen-bond acceptors (Lipinski definition) is 2. The van der Waals surface area contributed by atoms with Crippen molar-refractivity contribution in [1.82, 2.24) is 0 Å². The molecule has 0 saturated heterocycles. The number of rotatable bonds is 8. The first-order chi connectivity index (χ1) is 8.67. The van der Waals surface area contributed by atoms with Gasteiger partial charge in [0.05, 0.1) is 7.11 Å². The Balaban J connectivity index is 2.51. The molecule has 0 heterocycles. The van der Waals surface area contributed by atoms with Crippen molar-refractivity contribution in [2.75, 3.05) is 13.7 Å². The average Bonchev–Trinajstić information content (AvgIpc) is 2.37. The highest BCUT2D eigenvalue weighted by atomic mass is 16.5. The van der Waals surface area contributed by atoms with Crippen molar-refractivity contribution >= 4 is 0 Å². The van der Waals surface area contributed by atoms with E-state index in [0.717, 1.165) is 24.5 Å². The van der Waals surface area contributed by atoms with Gasteiger partial charge in [0.15, 0.2) is 0 Å². The van der Waals surface area contributed by atoms with E-state index in [-0.39, 0.29) is 6.61 Å². The Morgan fingerprint density at radius 3 is 2.50 bits per heavy atom. The summed E-state index contributed by atoms with van der Waals surface area (Å²) >= 11 is 0. The Labute approximate surface area is 111 Å². The van der Waals surface area contributed by atoms with Crippen LogP contribution in [0, 0.1) is 11.8 Å². The largest absolute Gasteiger partial charge is 0.496 e. The fourth-order valence-corrected chi connectivity index (χ4v) is 2.26. The standard InChI is InChI=1S/C16H26O2/c1-13(2)7-6-8-14(12-17)11-15-9-4-5-10-16(15)18-3/h4-5,9-10,13-14,17H,6-8,11-12H2,1-3H3. The Kier molecular flexibility index (Phi) is 6.81. The monoisotopic (exact) mass is 250 g/mol. The van der Waals surface area contributed by atoms with E-state index in [9.17, 15) is 5.11 Å². The van der Waals surface area contributed by atoms with Crippen molar-refractivity contribution in [2.24, 2.45) is 11.8 Å². The lowest BCUT2D eigenvalue weighted by Crippen LogP contribution is -2.11. The second-order valence-corrected chi connectivity index (χ2v) is 5.39. The first-order valence-corrected chi connectivity index (χ1v) is 6.90. The van der Waals surface area contributed by atoms with E-state index in [2.05, 4.69) is 19.9 Å². The molecule has 1 N–H and O–H groups in total. The molecule has 0 saturated carbocycles. The van der Waals surface area contributed by atoms with Crippen LogP contribution in [0.2, 0.25) is 0 Å². The van der Waals surface area contributed by atoms with E-state index in [4.69, 9.17) is 4.74 Å². The van der Waals surface area contributed by atoms with Gasteiger partial charge in [-0.15, -0.1) is 0 Å². The normalized spacial score (nSPS) is 12.7. The van der Waals surface area contributed by atoms with E-state index in [0.29, 0.717) is 5.92 Å². The van der Waals surface area contributed by atoms with Crippen LogP contribution in [0.3, 0.4) is 0 Å². The summed E-state index contributed by atoms with van der Waals surface area (Å²) in [5.41, 5.74) is 1.20. The molecule has 0 bridgehead atoms. The summed E-state index contributed by atoms with van der Waals surface area (Å²) < 4.78 is 5.35. The lowest BCUT2D eigenvalue weighted by Gasteiger charge is -2.16. The van der Waals surface area contributed by atoms with Gasteiger partial charge < -0.3 is 9.84 Å². The predicted molar refractivity (Wildman–Crippen MR) is 76.0 cm³/mol. The van der Waals surface area contributed by atoms with Crippen LogP contribution < -0.4 is 4.74 Å². The zero-order valence-electron chi connectivity index (χ0n) is 11.9. The topological polar surface area (TPSA) is 29.5 Å². The van der Waals surface area contributed by atoms with Gasteiger partial charge in [0, 0.05) is 6.61 Å².